The number of allylic oxidation sites excluding steroid dienone is 6. The van der Waals surface area contributed by atoms with Gasteiger partial charge >= 0.3 is 0 Å². The second-order valence-electron chi connectivity index (χ2n) is 9.24. The molecular weight excluding hydrogens is 484 g/mol. The van der Waals surface area contributed by atoms with Gasteiger partial charge in [0.25, 0.3) is 0 Å². The molecule has 3 aromatic carbocycles. The van der Waals surface area contributed by atoms with E-state index in [1.165, 1.54) is 0 Å². The zero-order chi connectivity index (χ0) is 25.7. The molecule has 0 aromatic heterocycles. The van der Waals surface area contributed by atoms with Crippen molar-refractivity contribution < 1.29 is 19.1 Å². The Bertz CT molecular complexity index is 1370. The van der Waals surface area contributed by atoms with Crippen molar-refractivity contribution in [1.29, 1.82) is 0 Å². The van der Waals surface area contributed by atoms with Gasteiger partial charge in [-0.3, -0.25) is 4.79 Å². The van der Waals surface area contributed by atoms with Gasteiger partial charge in [0.15, 0.2) is 5.78 Å². The van der Waals surface area contributed by atoms with Gasteiger partial charge in [0.05, 0.1) is 11.0 Å². The van der Waals surface area contributed by atoms with Crippen LogP contribution in [0.4, 0.5) is 0 Å². The molecule has 0 spiro atoms. The van der Waals surface area contributed by atoms with E-state index in [9.17, 15) is 9.59 Å². The molecule has 4 nitrogen and oxygen atoms in total. The molecule has 2 aliphatic rings. The molecule has 1 aliphatic heterocycles. The van der Waals surface area contributed by atoms with Crippen molar-refractivity contribution in [2.45, 2.75) is 24.9 Å². The summed E-state index contributed by atoms with van der Waals surface area (Å²) in [5.41, 5.74) is 2.24. The number of hydrogen-bond donors (Lipinski definition) is 0. The van der Waals surface area contributed by atoms with E-state index >= 15 is 0 Å². The number of hydrogen-bond acceptors (Lipinski definition) is 4. The fourth-order valence-electron chi connectivity index (χ4n) is 5.18. The summed E-state index contributed by atoms with van der Waals surface area (Å²) in [7, 11) is 0. The maximum atomic E-state index is 14.4. The van der Waals surface area contributed by atoms with Gasteiger partial charge in [-0.05, 0) is 41.8 Å². The van der Waals surface area contributed by atoms with Crippen LogP contribution >= 0.6 is 11.6 Å². The van der Waals surface area contributed by atoms with Crippen molar-refractivity contribution in [2.24, 2.45) is 5.92 Å². The molecular formula is C32H27ClO4. The van der Waals surface area contributed by atoms with Gasteiger partial charge in [-0.15, -0.1) is 0 Å². The minimum atomic E-state index is -1.08. The SMILES string of the molecule is O=CCC(C1=CC=CC=CC1)C1(c2ccc(Cl)cc2)COc2cc(OCc3ccccc3)ccc2C1=O. The van der Waals surface area contributed by atoms with Crippen molar-refractivity contribution in [3.63, 3.8) is 0 Å². The predicted molar refractivity (Wildman–Crippen MR) is 145 cm³/mol. The number of ether oxygens (including phenoxy) is 2. The number of Topliss-reactive ketones (excluding diaryl/α,β-unsaturated/α-hetero) is 1. The maximum Gasteiger partial charge on any atom is 0.181 e. The van der Waals surface area contributed by atoms with Crippen LogP contribution in [-0.4, -0.2) is 18.7 Å². The Labute approximate surface area is 221 Å². The van der Waals surface area contributed by atoms with Gasteiger partial charge in [-0.2, -0.15) is 0 Å². The number of ketones is 1. The highest BCUT2D eigenvalue weighted by molar-refractivity contribution is 6.30. The van der Waals surface area contributed by atoms with Crippen LogP contribution in [0.1, 0.15) is 34.3 Å². The Morgan fingerprint density at radius 2 is 1.81 bits per heavy atom. The molecule has 3 aromatic rings. The van der Waals surface area contributed by atoms with Crippen molar-refractivity contribution >= 4 is 23.7 Å². The molecule has 0 saturated heterocycles. The molecule has 186 valence electrons. The normalized spacial score (nSPS) is 19.3. The van der Waals surface area contributed by atoms with Crippen molar-refractivity contribution in [3.05, 3.63) is 130 Å². The average molecular weight is 511 g/mol. The first-order chi connectivity index (χ1) is 18.1. The third kappa shape index (κ3) is 5.03. The summed E-state index contributed by atoms with van der Waals surface area (Å²) in [5, 5.41) is 0.579. The quantitative estimate of drug-likeness (QED) is 0.304. The van der Waals surface area contributed by atoms with E-state index in [2.05, 4.69) is 0 Å². The number of carbonyl (C=O) groups is 2. The number of benzene rings is 3. The van der Waals surface area contributed by atoms with Gasteiger partial charge < -0.3 is 14.3 Å². The lowest BCUT2D eigenvalue weighted by molar-refractivity contribution is -0.108. The second kappa shape index (κ2) is 11.0. The van der Waals surface area contributed by atoms with E-state index in [1.54, 1.807) is 30.3 Å². The summed E-state index contributed by atoms with van der Waals surface area (Å²) < 4.78 is 12.3. The minimum Gasteiger partial charge on any atom is -0.491 e. The van der Waals surface area contributed by atoms with Crippen LogP contribution < -0.4 is 9.47 Å². The predicted octanol–water partition coefficient (Wildman–Crippen LogP) is 7.08. The fourth-order valence-corrected chi connectivity index (χ4v) is 5.30. The Morgan fingerprint density at radius 1 is 1.00 bits per heavy atom. The van der Waals surface area contributed by atoms with E-state index in [0.29, 0.717) is 35.1 Å². The highest BCUT2D eigenvalue weighted by Crippen LogP contribution is 2.47. The monoisotopic (exact) mass is 510 g/mol. The fraction of sp³-hybridized carbons (Fsp3) is 0.188. The standard InChI is InChI=1S/C32H27ClO4/c33-26-14-12-25(13-15-26)32(29(18-19-34)24-10-6-1-2-7-11-24)22-37-30-20-27(16-17-28(30)31(32)35)36-21-23-8-4-3-5-9-23/h1-10,12-17,19-20,29H,11,18,21-22H2. The van der Waals surface area contributed by atoms with E-state index in [1.807, 2.05) is 72.8 Å². The topological polar surface area (TPSA) is 52.6 Å². The third-order valence-corrected chi connectivity index (χ3v) is 7.31. The summed E-state index contributed by atoms with van der Waals surface area (Å²) in [5.74, 6) is 0.657. The van der Waals surface area contributed by atoms with Crippen LogP contribution in [0.2, 0.25) is 5.02 Å². The van der Waals surface area contributed by atoms with Crippen LogP contribution in [0.25, 0.3) is 0 Å². The van der Waals surface area contributed by atoms with Crippen LogP contribution in [0.3, 0.4) is 0 Å². The van der Waals surface area contributed by atoms with Gasteiger partial charge in [0, 0.05) is 23.4 Å². The highest BCUT2D eigenvalue weighted by Gasteiger charge is 2.52. The number of carbonyl (C=O) groups excluding carboxylic acids is 2. The number of halogens is 1. The smallest absolute Gasteiger partial charge is 0.181 e. The molecule has 0 amide bonds. The van der Waals surface area contributed by atoms with E-state index in [0.717, 1.165) is 23.0 Å². The van der Waals surface area contributed by atoms with Crippen LogP contribution in [-0.2, 0) is 16.8 Å². The Morgan fingerprint density at radius 3 is 2.59 bits per heavy atom. The van der Waals surface area contributed by atoms with Crippen LogP contribution in [0.15, 0.2) is 109 Å². The Kier molecular flexibility index (Phi) is 7.38. The lowest BCUT2D eigenvalue weighted by Crippen LogP contribution is -2.51. The largest absolute Gasteiger partial charge is 0.491 e. The summed E-state index contributed by atoms with van der Waals surface area (Å²) >= 11 is 6.20. The molecule has 0 bridgehead atoms. The maximum absolute atomic E-state index is 14.4. The molecule has 0 N–H and O–H groups in total. The van der Waals surface area contributed by atoms with Crippen molar-refractivity contribution in [1.82, 2.24) is 0 Å². The van der Waals surface area contributed by atoms with Gasteiger partial charge in [0.1, 0.15) is 31.0 Å². The lowest BCUT2D eigenvalue weighted by atomic mass is 9.61. The van der Waals surface area contributed by atoms with E-state index in [-0.39, 0.29) is 24.7 Å². The van der Waals surface area contributed by atoms with Gasteiger partial charge in [-0.25, -0.2) is 0 Å². The average Bonchev–Trinajstić information content (AvgIpc) is 3.22. The minimum absolute atomic E-state index is 0.0735. The molecule has 0 fully saturated rings. The van der Waals surface area contributed by atoms with Gasteiger partial charge in [-0.1, -0.05) is 90.0 Å². The molecule has 37 heavy (non-hydrogen) atoms. The van der Waals surface area contributed by atoms with Gasteiger partial charge in [0.2, 0.25) is 0 Å². The Balaban J connectivity index is 1.54. The van der Waals surface area contributed by atoms with Crippen LogP contribution in [0.5, 0.6) is 11.5 Å². The molecule has 1 heterocycles. The molecule has 0 radical (unpaired) electrons. The first kappa shape index (κ1) is 24.8. The third-order valence-electron chi connectivity index (χ3n) is 7.06. The second-order valence-corrected chi connectivity index (χ2v) is 9.68. The van der Waals surface area contributed by atoms with Crippen molar-refractivity contribution in [2.75, 3.05) is 6.61 Å². The zero-order valence-electron chi connectivity index (χ0n) is 20.3. The molecule has 2 unspecified atom stereocenters. The first-order valence-electron chi connectivity index (χ1n) is 12.3. The van der Waals surface area contributed by atoms with Crippen molar-refractivity contribution in [3.8, 4) is 11.5 Å². The lowest BCUT2D eigenvalue weighted by Gasteiger charge is -2.43. The number of fused-ring (bicyclic) bond motifs is 1. The zero-order valence-corrected chi connectivity index (χ0v) is 21.1. The summed E-state index contributed by atoms with van der Waals surface area (Å²) in [4.78, 5) is 26.4. The highest BCUT2D eigenvalue weighted by atomic mass is 35.5. The number of aldehydes is 1. The first-order valence-corrected chi connectivity index (χ1v) is 12.7. The summed E-state index contributed by atoms with van der Waals surface area (Å²) in [6, 6.07) is 22.5. The Hall–Kier alpha value is -3.89. The molecule has 5 rings (SSSR count). The van der Waals surface area contributed by atoms with Crippen LogP contribution in [0, 0.1) is 5.92 Å². The molecule has 5 heteroatoms. The van der Waals surface area contributed by atoms with E-state index in [4.69, 9.17) is 21.1 Å². The van der Waals surface area contributed by atoms with E-state index < -0.39 is 5.41 Å². The molecule has 1 aliphatic carbocycles. The summed E-state index contributed by atoms with van der Waals surface area (Å²) in [6.07, 6.45) is 11.7. The molecule has 2 atom stereocenters. The summed E-state index contributed by atoms with van der Waals surface area (Å²) in [6.45, 7) is 0.519. The number of rotatable bonds is 8. The molecule has 0 saturated carbocycles.